The van der Waals surface area contributed by atoms with Gasteiger partial charge in [0.1, 0.15) is 0 Å². The molecule has 2 aromatic rings. The van der Waals surface area contributed by atoms with Gasteiger partial charge in [-0.2, -0.15) is 0 Å². The first-order chi connectivity index (χ1) is 13.5. The van der Waals surface area contributed by atoms with E-state index in [0.717, 1.165) is 24.3 Å². The van der Waals surface area contributed by atoms with Gasteiger partial charge in [-0.3, -0.25) is 9.59 Å². The molecule has 0 saturated carbocycles. The Labute approximate surface area is 167 Å². The van der Waals surface area contributed by atoms with Crippen molar-refractivity contribution in [3.05, 3.63) is 65.7 Å². The summed E-state index contributed by atoms with van der Waals surface area (Å²) in [7, 11) is 0. The number of hydrogen-bond donors (Lipinski definition) is 2. The number of carbonyl (C=O) groups is 2. The minimum absolute atomic E-state index is 0.0233. The SMILES string of the molecule is CC(C)c1ccc(NC(=O)[C@H](C)[NH+]2CCN(C(=O)c3ccccc3)CC2)cc1. The van der Waals surface area contributed by atoms with Crippen molar-refractivity contribution >= 4 is 17.5 Å². The summed E-state index contributed by atoms with van der Waals surface area (Å²) in [6.07, 6.45) is 0. The lowest BCUT2D eigenvalue weighted by Gasteiger charge is -2.34. The standard InChI is InChI=1S/C23H29N3O2/c1-17(2)19-9-11-21(12-10-19)24-22(27)18(3)25-13-15-26(16-14-25)23(28)20-7-5-4-6-8-20/h4-12,17-18H,13-16H2,1-3H3,(H,24,27)/p+1/t18-/m0/s1. The molecule has 28 heavy (non-hydrogen) atoms. The number of carbonyl (C=O) groups excluding carboxylic acids is 2. The molecule has 5 heteroatoms. The average Bonchev–Trinajstić information content (AvgIpc) is 2.73. The molecule has 1 fully saturated rings. The van der Waals surface area contributed by atoms with Crippen LogP contribution in [0.3, 0.4) is 0 Å². The molecule has 2 amide bonds. The second-order valence-corrected chi connectivity index (χ2v) is 7.80. The van der Waals surface area contributed by atoms with Crippen LogP contribution < -0.4 is 10.2 Å². The molecular formula is C23H30N3O2+. The Kier molecular flexibility index (Phi) is 6.47. The van der Waals surface area contributed by atoms with Crippen LogP contribution in [0.25, 0.3) is 0 Å². The quantitative estimate of drug-likeness (QED) is 0.835. The zero-order chi connectivity index (χ0) is 20.1. The predicted molar refractivity (Wildman–Crippen MR) is 112 cm³/mol. The number of piperazine rings is 1. The smallest absolute Gasteiger partial charge is 0.282 e. The second kappa shape index (κ2) is 9.02. The zero-order valence-electron chi connectivity index (χ0n) is 16.9. The van der Waals surface area contributed by atoms with Gasteiger partial charge < -0.3 is 15.1 Å². The van der Waals surface area contributed by atoms with E-state index in [2.05, 4.69) is 31.3 Å². The molecule has 1 heterocycles. The Morgan fingerprint density at radius 3 is 2.11 bits per heavy atom. The first-order valence-corrected chi connectivity index (χ1v) is 10.1. The molecule has 148 valence electrons. The molecule has 1 aliphatic rings. The lowest BCUT2D eigenvalue weighted by Crippen LogP contribution is -3.19. The van der Waals surface area contributed by atoms with Crippen LogP contribution >= 0.6 is 0 Å². The first kappa shape index (κ1) is 20.1. The third-order valence-electron chi connectivity index (χ3n) is 5.56. The molecule has 5 nitrogen and oxygen atoms in total. The highest BCUT2D eigenvalue weighted by molar-refractivity contribution is 5.94. The van der Waals surface area contributed by atoms with Crippen molar-refractivity contribution in [2.45, 2.75) is 32.7 Å². The van der Waals surface area contributed by atoms with E-state index in [1.165, 1.54) is 10.5 Å². The monoisotopic (exact) mass is 380 g/mol. The van der Waals surface area contributed by atoms with Crippen molar-refractivity contribution in [2.75, 3.05) is 31.5 Å². The van der Waals surface area contributed by atoms with Crippen LogP contribution in [0, 0.1) is 0 Å². The summed E-state index contributed by atoms with van der Waals surface area (Å²) in [5, 5.41) is 3.02. The fourth-order valence-electron chi connectivity index (χ4n) is 3.58. The Hall–Kier alpha value is -2.66. The Morgan fingerprint density at radius 1 is 0.929 bits per heavy atom. The van der Waals surface area contributed by atoms with Crippen LogP contribution in [0.4, 0.5) is 5.69 Å². The summed E-state index contributed by atoms with van der Waals surface area (Å²) in [6, 6.07) is 17.3. The maximum Gasteiger partial charge on any atom is 0.282 e. The number of rotatable bonds is 5. The highest BCUT2D eigenvalue weighted by Crippen LogP contribution is 2.17. The lowest BCUT2D eigenvalue weighted by molar-refractivity contribution is -0.917. The third-order valence-corrected chi connectivity index (χ3v) is 5.56. The highest BCUT2D eigenvalue weighted by Gasteiger charge is 2.31. The zero-order valence-corrected chi connectivity index (χ0v) is 16.9. The molecule has 2 N–H and O–H groups in total. The van der Waals surface area contributed by atoms with Crippen molar-refractivity contribution in [2.24, 2.45) is 0 Å². The fraction of sp³-hybridized carbons (Fsp3) is 0.391. The van der Waals surface area contributed by atoms with E-state index in [9.17, 15) is 9.59 Å². The number of amides is 2. The molecule has 2 aromatic carbocycles. The predicted octanol–water partition coefficient (Wildman–Crippen LogP) is 2.18. The van der Waals surface area contributed by atoms with Crippen molar-refractivity contribution in [1.82, 2.24) is 4.90 Å². The number of benzene rings is 2. The van der Waals surface area contributed by atoms with Gasteiger partial charge in [-0.05, 0) is 42.7 Å². The van der Waals surface area contributed by atoms with Crippen LogP contribution in [0.15, 0.2) is 54.6 Å². The molecule has 3 rings (SSSR count). The van der Waals surface area contributed by atoms with Gasteiger partial charge in [-0.1, -0.05) is 44.2 Å². The van der Waals surface area contributed by atoms with Crippen LogP contribution in [-0.2, 0) is 4.79 Å². The number of nitrogens with one attached hydrogen (secondary N) is 2. The van der Waals surface area contributed by atoms with Crippen molar-refractivity contribution in [3.63, 3.8) is 0 Å². The molecule has 0 unspecified atom stereocenters. The maximum absolute atomic E-state index is 12.7. The average molecular weight is 381 g/mol. The molecule has 0 aliphatic carbocycles. The van der Waals surface area contributed by atoms with Crippen LogP contribution in [-0.4, -0.2) is 48.9 Å². The van der Waals surface area contributed by atoms with Crippen molar-refractivity contribution in [1.29, 1.82) is 0 Å². The van der Waals surface area contributed by atoms with Crippen molar-refractivity contribution in [3.8, 4) is 0 Å². The molecule has 0 spiro atoms. The van der Waals surface area contributed by atoms with Gasteiger partial charge in [0.05, 0.1) is 26.2 Å². The lowest BCUT2D eigenvalue weighted by atomic mass is 10.0. The van der Waals surface area contributed by atoms with Gasteiger partial charge >= 0.3 is 0 Å². The number of hydrogen-bond acceptors (Lipinski definition) is 2. The van der Waals surface area contributed by atoms with Gasteiger partial charge in [-0.15, -0.1) is 0 Å². The van der Waals surface area contributed by atoms with Crippen molar-refractivity contribution < 1.29 is 14.5 Å². The Morgan fingerprint density at radius 2 is 1.54 bits per heavy atom. The van der Waals surface area contributed by atoms with E-state index in [1.54, 1.807) is 0 Å². The summed E-state index contributed by atoms with van der Waals surface area (Å²) in [5.74, 6) is 0.570. The topological polar surface area (TPSA) is 53.9 Å². The molecule has 0 aromatic heterocycles. The number of anilines is 1. The minimum atomic E-state index is -0.154. The van der Waals surface area contributed by atoms with E-state index >= 15 is 0 Å². The van der Waals surface area contributed by atoms with E-state index in [0.29, 0.717) is 19.0 Å². The Balaban J connectivity index is 1.52. The number of nitrogens with zero attached hydrogens (tertiary/aromatic N) is 1. The number of quaternary nitrogens is 1. The van der Waals surface area contributed by atoms with E-state index in [4.69, 9.17) is 0 Å². The van der Waals surface area contributed by atoms with Crippen LogP contribution in [0.1, 0.15) is 42.6 Å². The first-order valence-electron chi connectivity index (χ1n) is 10.1. The van der Waals surface area contributed by atoms with Gasteiger partial charge in [-0.25, -0.2) is 0 Å². The van der Waals surface area contributed by atoms with E-state index in [1.807, 2.05) is 54.3 Å². The van der Waals surface area contributed by atoms with Crippen LogP contribution in [0.5, 0.6) is 0 Å². The summed E-state index contributed by atoms with van der Waals surface area (Å²) in [6.45, 7) is 9.16. The highest BCUT2D eigenvalue weighted by atomic mass is 16.2. The molecule has 0 radical (unpaired) electrons. The third kappa shape index (κ3) is 4.78. The van der Waals surface area contributed by atoms with Gasteiger partial charge in [0.2, 0.25) is 0 Å². The van der Waals surface area contributed by atoms with Gasteiger partial charge in [0.25, 0.3) is 11.8 Å². The molecular weight excluding hydrogens is 350 g/mol. The molecule has 0 bridgehead atoms. The summed E-state index contributed by atoms with van der Waals surface area (Å²) in [4.78, 5) is 28.3. The summed E-state index contributed by atoms with van der Waals surface area (Å²) >= 11 is 0. The largest absolute Gasteiger partial charge is 0.327 e. The van der Waals surface area contributed by atoms with Gasteiger partial charge in [0, 0.05) is 11.3 Å². The second-order valence-electron chi connectivity index (χ2n) is 7.80. The molecule has 1 atom stereocenters. The van der Waals surface area contributed by atoms with Gasteiger partial charge in [0.15, 0.2) is 6.04 Å². The summed E-state index contributed by atoms with van der Waals surface area (Å²) < 4.78 is 0. The molecule has 1 saturated heterocycles. The molecule has 1 aliphatic heterocycles. The van der Waals surface area contributed by atoms with E-state index in [-0.39, 0.29) is 17.9 Å². The minimum Gasteiger partial charge on any atom is -0.327 e. The van der Waals surface area contributed by atoms with Crippen LogP contribution in [0.2, 0.25) is 0 Å². The normalized spacial score (nSPS) is 16.1. The maximum atomic E-state index is 12.7. The Bertz CT molecular complexity index is 794. The fourth-order valence-corrected chi connectivity index (χ4v) is 3.58. The van der Waals surface area contributed by atoms with E-state index < -0.39 is 0 Å². The summed E-state index contributed by atoms with van der Waals surface area (Å²) in [5.41, 5.74) is 2.82.